The Kier molecular flexibility index (Phi) is 5.74. The average Bonchev–Trinajstić information content (AvgIpc) is 2.74. The van der Waals surface area contributed by atoms with E-state index in [0.717, 1.165) is 10.2 Å². The Bertz CT molecular complexity index is 1040. The van der Waals surface area contributed by atoms with Crippen LogP contribution in [0, 0.1) is 0 Å². The maximum Gasteiger partial charge on any atom is 0.267 e. The Morgan fingerprint density at radius 1 is 0.893 bits per heavy atom. The Hall–Kier alpha value is -3.61. The van der Waals surface area contributed by atoms with Crippen LogP contribution in [-0.4, -0.2) is 36.9 Å². The molecule has 2 aromatic carbocycles. The van der Waals surface area contributed by atoms with E-state index in [1.54, 1.807) is 63.8 Å². The van der Waals surface area contributed by atoms with Crippen LogP contribution in [0.5, 0.6) is 17.2 Å². The fraction of sp³-hybridized carbons (Fsp3) is 0.190. The first-order valence-electron chi connectivity index (χ1n) is 8.53. The number of ketones is 1. The number of carbonyl (C=O) groups excluding carboxylic acids is 1. The summed E-state index contributed by atoms with van der Waals surface area (Å²) in [5.74, 6) is 1.58. The van der Waals surface area contributed by atoms with E-state index in [2.05, 4.69) is 5.10 Å². The third kappa shape index (κ3) is 4.03. The third-order valence-corrected chi connectivity index (χ3v) is 4.25. The van der Waals surface area contributed by atoms with Gasteiger partial charge in [0.15, 0.2) is 17.3 Å². The maximum atomic E-state index is 12.5. The summed E-state index contributed by atoms with van der Waals surface area (Å²) >= 11 is 0. The highest BCUT2D eigenvalue weighted by Crippen LogP contribution is 2.31. The van der Waals surface area contributed by atoms with E-state index < -0.39 is 0 Å². The van der Waals surface area contributed by atoms with Gasteiger partial charge in [0.05, 0.1) is 27.0 Å². The van der Waals surface area contributed by atoms with Crippen LogP contribution in [0.3, 0.4) is 0 Å². The molecule has 0 N–H and O–H groups in total. The van der Waals surface area contributed by atoms with E-state index in [9.17, 15) is 9.59 Å². The molecule has 0 amide bonds. The second kappa shape index (κ2) is 8.39. The predicted octanol–water partition coefficient (Wildman–Crippen LogP) is 2.82. The lowest BCUT2D eigenvalue weighted by Gasteiger charge is -2.10. The molecule has 144 valence electrons. The Morgan fingerprint density at radius 3 is 2.25 bits per heavy atom. The summed E-state index contributed by atoms with van der Waals surface area (Å²) in [6.45, 7) is -0.160. The van der Waals surface area contributed by atoms with E-state index in [-0.39, 0.29) is 17.9 Å². The summed E-state index contributed by atoms with van der Waals surface area (Å²) < 4.78 is 16.8. The van der Waals surface area contributed by atoms with Gasteiger partial charge in [-0.05, 0) is 48.5 Å². The molecule has 0 unspecified atom stereocenters. The van der Waals surface area contributed by atoms with Gasteiger partial charge < -0.3 is 14.2 Å². The van der Waals surface area contributed by atoms with Crippen LogP contribution in [0.1, 0.15) is 10.4 Å². The van der Waals surface area contributed by atoms with Gasteiger partial charge in [0.25, 0.3) is 5.56 Å². The third-order valence-electron chi connectivity index (χ3n) is 4.25. The van der Waals surface area contributed by atoms with Crippen LogP contribution in [0.2, 0.25) is 0 Å². The van der Waals surface area contributed by atoms with Crippen molar-refractivity contribution in [2.24, 2.45) is 0 Å². The quantitative estimate of drug-likeness (QED) is 0.587. The molecule has 0 spiro atoms. The number of hydrogen-bond donors (Lipinski definition) is 0. The summed E-state index contributed by atoms with van der Waals surface area (Å²) in [5.41, 5.74) is 1.41. The van der Waals surface area contributed by atoms with Gasteiger partial charge in [0.2, 0.25) is 0 Å². The minimum atomic E-state index is -0.355. The van der Waals surface area contributed by atoms with Gasteiger partial charge >= 0.3 is 0 Å². The summed E-state index contributed by atoms with van der Waals surface area (Å²) in [6.07, 6.45) is 0. The molecule has 0 radical (unpaired) electrons. The van der Waals surface area contributed by atoms with Crippen LogP contribution in [0.25, 0.3) is 11.3 Å². The first-order valence-corrected chi connectivity index (χ1v) is 8.53. The van der Waals surface area contributed by atoms with Gasteiger partial charge in [-0.3, -0.25) is 9.59 Å². The molecule has 0 fully saturated rings. The van der Waals surface area contributed by atoms with Gasteiger partial charge in [-0.1, -0.05) is 0 Å². The summed E-state index contributed by atoms with van der Waals surface area (Å²) in [4.78, 5) is 24.7. The Labute approximate surface area is 162 Å². The lowest BCUT2D eigenvalue weighted by atomic mass is 10.1. The summed E-state index contributed by atoms with van der Waals surface area (Å²) in [6, 6.07) is 15.0. The summed E-state index contributed by atoms with van der Waals surface area (Å²) in [5, 5.41) is 4.33. The summed E-state index contributed by atoms with van der Waals surface area (Å²) in [7, 11) is 4.66. The minimum Gasteiger partial charge on any atom is -0.497 e. The zero-order valence-electron chi connectivity index (χ0n) is 15.8. The van der Waals surface area contributed by atoms with E-state index in [1.807, 2.05) is 6.07 Å². The van der Waals surface area contributed by atoms with E-state index in [4.69, 9.17) is 14.2 Å². The van der Waals surface area contributed by atoms with Crippen molar-refractivity contribution in [2.45, 2.75) is 6.54 Å². The van der Waals surface area contributed by atoms with E-state index >= 15 is 0 Å². The number of hydrogen-bond acceptors (Lipinski definition) is 6. The molecule has 0 aliphatic rings. The molecule has 0 saturated carbocycles. The van der Waals surface area contributed by atoms with Crippen molar-refractivity contribution in [3.63, 3.8) is 0 Å². The van der Waals surface area contributed by atoms with E-state index in [0.29, 0.717) is 28.5 Å². The zero-order valence-corrected chi connectivity index (χ0v) is 15.8. The van der Waals surface area contributed by atoms with E-state index in [1.165, 1.54) is 6.07 Å². The molecule has 0 atom stereocenters. The monoisotopic (exact) mass is 380 g/mol. The molecule has 0 aliphatic carbocycles. The Morgan fingerprint density at radius 2 is 1.61 bits per heavy atom. The van der Waals surface area contributed by atoms with Gasteiger partial charge in [0.1, 0.15) is 12.3 Å². The molecule has 3 rings (SSSR count). The van der Waals surface area contributed by atoms with Crippen molar-refractivity contribution < 1.29 is 19.0 Å². The van der Waals surface area contributed by atoms with Gasteiger partial charge in [-0.2, -0.15) is 5.10 Å². The normalized spacial score (nSPS) is 10.4. The number of benzene rings is 2. The lowest BCUT2D eigenvalue weighted by molar-refractivity contribution is 0.0966. The Balaban J connectivity index is 1.89. The molecule has 0 bridgehead atoms. The molecular weight excluding hydrogens is 360 g/mol. The molecule has 1 aromatic heterocycles. The molecule has 0 saturated heterocycles. The molecule has 0 aliphatic heterocycles. The van der Waals surface area contributed by atoms with Crippen LogP contribution < -0.4 is 19.8 Å². The highest BCUT2D eigenvalue weighted by atomic mass is 16.5. The average molecular weight is 380 g/mol. The standard InChI is InChI=1S/C21H20N2O5/c1-26-16-7-4-14(5-8-16)18(24)13-23-21(25)11-9-17(22-23)15-6-10-19(27-2)20(12-15)28-3/h4-12H,13H2,1-3H3. The van der Waals surface area contributed by atoms with Crippen molar-refractivity contribution in [3.05, 3.63) is 70.5 Å². The number of methoxy groups -OCH3 is 3. The molecule has 1 heterocycles. The molecule has 28 heavy (non-hydrogen) atoms. The zero-order chi connectivity index (χ0) is 20.1. The lowest BCUT2D eigenvalue weighted by Crippen LogP contribution is -2.26. The van der Waals surface area contributed by atoms with Crippen molar-refractivity contribution in [1.29, 1.82) is 0 Å². The van der Waals surface area contributed by atoms with Gasteiger partial charge in [-0.15, -0.1) is 0 Å². The fourth-order valence-electron chi connectivity index (χ4n) is 2.72. The smallest absolute Gasteiger partial charge is 0.267 e. The number of ether oxygens (including phenoxy) is 3. The second-order valence-electron chi connectivity index (χ2n) is 5.94. The number of aromatic nitrogens is 2. The largest absolute Gasteiger partial charge is 0.497 e. The highest BCUT2D eigenvalue weighted by molar-refractivity contribution is 5.95. The number of rotatable bonds is 7. The highest BCUT2D eigenvalue weighted by Gasteiger charge is 2.12. The van der Waals surface area contributed by atoms with Crippen LogP contribution in [0.15, 0.2) is 59.4 Å². The number of Topliss-reactive ketones (excluding diaryl/α,β-unsaturated/α-hetero) is 1. The van der Waals surface area contributed by atoms with Crippen molar-refractivity contribution in [3.8, 4) is 28.5 Å². The van der Waals surface area contributed by atoms with Crippen LogP contribution in [0.4, 0.5) is 0 Å². The fourth-order valence-corrected chi connectivity index (χ4v) is 2.72. The number of carbonyl (C=O) groups is 1. The second-order valence-corrected chi connectivity index (χ2v) is 5.94. The first-order chi connectivity index (χ1) is 13.5. The molecule has 7 nitrogen and oxygen atoms in total. The first kappa shape index (κ1) is 19.2. The van der Waals surface area contributed by atoms with Gasteiger partial charge in [0, 0.05) is 17.2 Å². The molecule has 3 aromatic rings. The maximum absolute atomic E-state index is 12.5. The van der Waals surface area contributed by atoms with Crippen molar-refractivity contribution in [1.82, 2.24) is 9.78 Å². The van der Waals surface area contributed by atoms with Crippen LogP contribution >= 0.6 is 0 Å². The predicted molar refractivity (Wildman–Crippen MR) is 104 cm³/mol. The topological polar surface area (TPSA) is 79.7 Å². The molecular formula is C21H20N2O5. The van der Waals surface area contributed by atoms with Crippen molar-refractivity contribution in [2.75, 3.05) is 21.3 Å². The number of nitrogens with zero attached hydrogens (tertiary/aromatic N) is 2. The van der Waals surface area contributed by atoms with Crippen molar-refractivity contribution >= 4 is 5.78 Å². The van der Waals surface area contributed by atoms with Crippen LogP contribution in [-0.2, 0) is 6.54 Å². The van der Waals surface area contributed by atoms with Gasteiger partial charge in [-0.25, -0.2) is 4.68 Å². The SMILES string of the molecule is COc1ccc(C(=O)Cn2nc(-c3ccc(OC)c(OC)c3)ccc2=O)cc1. The minimum absolute atomic E-state index is 0.160. The molecule has 7 heteroatoms.